The summed E-state index contributed by atoms with van der Waals surface area (Å²) in [7, 11) is 0. The SMILES string of the molecule is C[C@@H]1C[C@@H](OC(=O)N2CCc3ccccc3[C@@H]2CN2CCCCC2)CN1I=O. The van der Waals surface area contributed by atoms with E-state index in [0.29, 0.717) is 13.1 Å². The molecule has 1 aromatic rings. The van der Waals surface area contributed by atoms with Gasteiger partial charge in [-0.05, 0) is 50.4 Å². The molecule has 0 bridgehead atoms. The zero-order valence-electron chi connectivity index (χ0n) is 16.6. The summed E-state index contributed by atoms with van der Waals surface area (Å²) in [5.41, 5.74) is 2.62. The number of benzene rings is 1. The lowest BCUT2D eigenvalue weighted by atomic mass is 9.92. The van der Waals surface area contributed by atoms with E-state index < -0.39 is 21.5 Å². The van der Waals surface area contributed by atoms with Crippen molar-refractivity contribution in [3.05, 3.63) is 35.4 Å². The van der Waals surface area contributed by atoms with Crippen LogP contribution in [-0.2, 0) is 14.2 Å². The van der Waals surface area contributed by atoms with Crippen LogP contribution in [0, 0.1) is 0 Å². The number of piperidine rings is 1. The number of carbonyl (C=O) groups excluding carboxylic acids is 1. The maximum absolute atomic E-state index is 13.1. The first-order valence-electron chi connectivity index (χ1n) is 10.5. The standard InChI is InChI=1S/C21H30IN3O3/c1-16-13-18(14-25(16)22-27)28-21(26)24-12-9-17-7-3-4-8-19(17)20(24)15-23-10-5-2-6-11-23/h3-4,7-8,16,18,20H,2,5-6,9-15H2,1H3/t16-,18-,20+/m1/s1. The van der Waals surface area contributed by atoms with Gasteiger partial charge in [0.1, 0.15) is 6.10 Å². The quantitative estimate of drug-likeness (QED) is 0.465. The minimum atomic E-state index is -1.19. The molecule has 4 rings (SSSR count). The average molecular weight is 499 g/mol. The van der Waals surface area contributed by atoms with Gasteiger partial charge < -0.3 is 9.64 Å². The Labute approximate surface area is 178 Å². The number of amides is 1. The Kier molecular flexibility index (Phi) is 6.62. The third-order valence-corrected chi connectivity index (χ3v) is 8.19. The largest absolute Gasteiger partial charge is 0.445 e. The smallest absolute Gasteiger partial charge is 0.410 e. The van der Waals surface area contributed by atoms with Crippen molar-refractivity contribution in [1.82, 2.24) is 12.9 Å². The summed E-state index contributed by atoms with van der Waals surface area (Å²) in [5, 5.41) is 0. The monoisotopic (exact) mass is 499 g/mol. The average Bonchev–Trinajstić information content (AvgIpc) is 3.08. The van der Waals surface area contributed by atoms with Gasteiger partial charge in [-0.25, -0.2) is 7.91 Å². The lowest BCUT2D eigenvalue weighted by Crippen LogP contribution is -2.47. The van der Waals surface area contributed by atoms with E-state index in [9.17, 15) is 7.86 Å². The summed E-state index contributed by atoms with van der Waals surface area (Å²) in [4.78, 5) is 17.6. The molecule has 1 aromatic carbocycles. The Balaban J connectivity index is 1.49. The fraction of sp³-hybridized carbons (Fsp3) is 0.667. The highest BCUT2D eigenvalue weighted by Crippen LogP contribution is 2.33. The molecule has 0 aliphatic carbocycles. The van der Waals surface area contributed by atoms with Gasteiger partial charge in [-0.15, -0.1) is 0 Å². The number of ether oxygens (including phenoxy) is 1. The molecule has 0 saturated carbocycles. The van der Waals surface area contributed by atoms with Crippen molar-refractivity contribution < 1.29 is 12.6 Å². The third kappa shape index (κ3) is 4.41. The molecule has 3 aliphatic rings. The van der Waals surface area contributed by atoms with Gasteiger partial charge in [0.25, 0.3) is 0 Å². The van der Waals surface area contributed by atoms with Crippen molar-refractivity contribution >= 4 is 27.6 Å². The van der Waals surface area contributed by atoms with Crippen LogP contribution >= 0.6 is 21.5 Å². The van der Waals surface area contributed by atoms with Crippen molar-refractivity contribution in [2.45, 2.75) is 57.2 Å². The van der Waals surface area contributed by atoms with Crippen molar-refractivity contribution in [2.75, 3.05) is 32.7 Å². The van der Waals surface area contributed by atoms with E-state index in [1.54, 1.807) is 0 Å². The summed E-state index contributed by atoms with van der Waals surface area (Å²) in [6.45, 7) is 6.47. The van der Waals surface area contributed by atoms with E-state index in [1.807, 2.05) is 8.01 Å². The van der Waals surface area contributed by atoms with Crippen molar-refractivity contribution in [1.29, 1.82) is 0 Å². The van der Waals surface area contributed by atoms with Crippen molar-refractivity contribution in [2.24, 2.45) is 0 Å². The minimum Gasteiger partial charge on any atom is -0.445 e. The van der Waals surface area contributed by atoms with Gasteiger partial charge in [-0.2, -0.15) is 0 Å². The van der Waals surface area contributed by atoms with Crippen LogP contribution in [0.3, 0.4) is 0 Å². The summed E-state index contributed by atoms with van der Waals surface area (Å²) >= 11 is -1.19. The maximum atomic E-state index is 13.1. The zero-order chi connectivity index (χ0) is 19.5. The van der Waals surface area contributed by atoms with E-state index in [0.717, 1.165) is 32.5 Å². The number of nitrogens with zero attached hydrogens (tertiary/aromatic N) is 3. The minimum absolute atomic E-state index is 0.0532. The Bertz CT molecular complexity index is 710. The molecule has 2 saturated heterocycles. The molecule has 6 nitrogen and oxygen atoms in total. The maximum Gasteiger partial charge on any atom is 0.410 e. The van der Waals surface area contributed by atoms with Crippen LogP contribution in [0.2, 0.25) is 0 Å². The zero-order valence-corrected chi connectivity index (χ0v) is 18.7. The summed E-state index contributed by atoms with van der Waals surface area (Å²) in [6.07, 6.45) is 5.08. The molecule has 0 N–H and O–H groups in total. The fourth-order valence-corrected chi connectivity index (χ4v) is 6.01. The predicted octanol–water partition coefficient (Wildman–Crippen LogP) is 3.90. The number of hydrogen-bond acceptors (Lipinski definition) is 4. The summed E-state index contributed by atoms with van der Waals surface area (Å²) in [6, 6.07) is 8.81. The van der Waals surface area contributed by atoms with E-state index in [2.05, 4.69) is 36.1 Å². The predicted molar refractivity (Wildman–Crippen MR) is 116 cm³/mol. The molecule has 0 aromatic heterocycles. The number of likely N-dealkylation sites (tertiary alicyclic amines) is 1. The van der Waals surface area contributed by atoms with Crippen molar-refractivity contribution in [3.63, 3.8) is 0 Å². The van der Waals surface area contributed by atoms with Crippen LogP contribution in [0.1, 0.15) is 49.8 Å². The topological polar surface area (TPSA) is 53.1 Å². The summed E-state index contributed by atoms with van der Waals surface area (Å²) < 4.78 is 19.2. The van der Waals surface area contributed by atoms with E-state index in [4.69, 9.17) is 4.74 Å². The Hall–Kier alpha value is -1.06. The lowest BCUT2D eigenvalue weighted by molar-refractivity contribution is 0.0439. The number of hydrogen-bond donors (Lipinski definition) is 0. The van der Waals surface area contributed by atoms with Crippen LogP contribution in [0.4, 0.5) is 4.79 Å². The molecule has 3 heterocycles. The van der Waals surface area contributed by atoms with Gasteiger partial charge in [0, 0.05) is 32.1 Å². The second-order valence-corrected chi connectivity index (χ2v) is 9.89. The molecule has 1 amide bonds. The first kappa shape index (κ1) is 20.2. The molecule has 0 radical (unpaired) electrons. The van der Waals surface area contributed by atoms with Crippen LogP contribution in [0.5, 0.6) is 0 Å². The van der Waals surface area contributed by atoms with E-state index in [1.165, 1.54) is 30.4 Å². The van der Waals surface area contributed by atoms with Gasteiger partial charge in [0.15, 0.2) is 0 Å². The van der Waals surface area contributed by atoms with Gasteiger partial charge in [0.05, 0.1) is 6.04 Å². The first-order valence-corrected chi connectivity index (χ1v) is 12.3. The highest BCUT2D eigenvalue weighted by molar-refractivity contribution is 14.1. The molecule has 3 atom stereocenters. The molecule has 28 heavy (non-hydrogen) atoms. The Morgan fingerprint density at radius 3 is 2.71 bits per heavy atom. The Morgan fingerprint density at radius 2 is 1.96 bits per heavy atom. The van der Waals surface area contributed by atoms with Crippen LogP contribution in [0.15, 0.2) is 24.3 Å². The molecule has 0 spiro atoms. The third-order valence-electron chi connectivity index (χ3n) is 6.34. The second-order valence-electron chi connectivity index (χ2n) is 8.26. The van der Waals surface area contributed by atoms with E-state index in [-0.39, 0.29) is 24.3 Å². The molecule has 7 heteroatoms. The fourth-order valence-electron chi connectivity index (χ4n) is 4.79. The van der Waals surface area contributed by atoms with Gasteiger partial charge in [0.2, 0.25) is 21.5 Å². The van der Waals surface area contributed by atoms with Crippen molar-refractivity contribution in [3.8, 4) is 0 Å². The summed E-state index contributed by atoms with van der Waals surface area (Å²) in [5.74, 6) is 0. The molecule has 3 aliphatic heterocycles. The van der Waals surface area contributed by atoms with Gasteiger partial charge in [-0.1, -0.05) is 30.7 Å². The van der Waals surface area contributed by atoms with Crippen LogP contribution in [-0.4, -0.2) is 63.9 Å². The lowest BCUT2D eigenvalue weighted by Gasteiger charge is -2.40. The molecule has 154 valence electrons. The molecular formula is C21H30IN3O3. The first-order chi connectivity index (χ1) is 13.7. The van der Waals surface area contributed by atoms with Crippen LogP contribution < -0.4 is 0 Å². The number of fused-ring (bicyclic) bond motifs is 1. The number of rotatable bonds is 4. The molecular weight excluding hydrogens is 469 g/mol. The second kappa shape index (κ2) is 9.17. The van der Waals surface area contributed by atoms with Gasteiger partial charge >= 0.3 is 6.09 Å². The highest BCUT2D eigenvalue weighted by Gasteiger charge is 2.37. The normalized spacial score (nSPS) is 28.9. The number of halogens is 1. The molecule has 2 fully saturated rings. The van der Waals surface area contributed by atoms with E-state index >= 15 is 0 Å². The van der Waals surface area contributed by atoms with Gasteiger partial charge in [-0.3, -0.25) is 7.97 Å². The van der Waals surface area contributed by atoms with Crippen LogP contribution in [0.25, 0.3) is 0 Å². The highest BCUT2D eigenvalue weighted by atomic mass is 127. The number of carbonyl (C=O) groups is 1. The molecule has 0 unspecified atom stereocenters. The Morgan fingerprint density at radius 1 is 1.18 bits per heavy atom.